The van der Waals surface area contributed by atoms with Gasteiger partial charge in [-0.3, -0.25) is 14.4 Å². The third kappa shape index (κ3) is 5.49. The molecule has 1 saturated heterocycles. The number of sulfonamides is 1. The Bertz CT molecular complexity index is 822. The van der Waals surface area contributed by atoms with Gasteiger partial charge in [0, 0.05) is 31.1 Å². The molecule has 0 unspecified atom stereocenters. The summed E-state index contributed by atoms with van der Waals surface area (Å²) in [4.78, 5) is 40.0. The van der Waals surface area contributed by atoms with E-state index in [9.17, 15) is 27.9 Å². The number of hydrogen-bond donors (Lipinski definition) is 3. The van der Waals surface area contributed by atoms with Gasteiger partial charge in [-0.15, -0.1) is 0 Å². The second-order valence-corrected chi connectivity index (χ2v) is 9.08. The minimum absolute atomic E-state index is 0.0183. The SMILES string of the molecule is C[C@@H]1CC[C@H](N(C(=O)[CH]C[C@H](C)C(N)=O)S(=O)(=O)C2=NC=CCC2=O)[C@@H](O)CN1. The van der Waals surface area contributed by atoms with E-state index in [2.05, 4.69) is 10.3 Å². The fourth-order valence-electron chi connectivity index (χ4n) is 3.13. The van der Waals surface area contributed by atoms with E-state index in [1.807, 2.05) is 6.92 Å². The monoisotopic (exact) mass is 427 g/mol. The third-order valence-electron chi connectivity index (χ3n) is 5.01. The van der Waals surface area contributed by atoms with Crippen molar-refractivity contribution in [2.75, 3.05) is 6.54 Å². The summed E-state index contributed by atoms with van der Waals surface area (Å²) < 4.78 is 27.0. The van der Waals surface area contributed by atoms with Gasteiger partial charge in [-0.05, 0) is 26.2 Å². The number of aliphatic imine (C=N–C) groups is 1. The molecule has 1 fully saturated rings. The first kappa shape index (κ1) is 23.2. The second kappa shape index (κ2) is 9.59. The van der Waals surface area contributed by atoms with Crippen LogP contribution in [0.3, 0.4) is 0 Å². The number of nitrogens with zero attached hydrogens (tertiary/aromatic N) is 2. The Morgan fingerprint density at radius 3 is 2.76 bits per heavy atom. The molecule has 0 aromatic rings. The molecule has 29 heavy (non-hydrogen) atoms. The molecule has 161 valence electrons. The molecule has 4 N–H and O–H groups in total. The van der Waals surface area contributed by atoms with Crippen molar-refractivity contribution in [1.82, 2.24) is 9.62 Å². The van der Waals surface area contributed by atoms with Crippen molar-refractivity contribution >= 4 is 32.7 Å². The van der Waals surface area contributed by atoms with Crippen LogP contribution in [0.2, 0.25) is 0 Å². The fourth-order valence-corrected chi connectivity index (χ4v) is 4.80. The molecule has 2 aliphatic heterocycles. The number of amides is 2. The topological polar surface area (TPSA) is 159 Å². The first-order valence-electron chi connectivity index (χ1n) is 9.44. The first-order chi connectivity index (χ1) is 13.6. The quantitative estimate of drug-likeness (QED) is 0.520. The van der Waals surface area contributed by atoms with Crippen molar-refractivity contribution in [3.63, 3.8) is 0 Å². The number of aliphatic hydroxyl groups is 1. The van der Waals surface area contributed by atoms with Crippen LogP contribution in [-0.4, -0.2) is 65.2 Å². The number of carbonyl (C=O) groups excluding carboxylic acids is 3. The summed E-state index contributed by atoms with van der Waals surface area (Å²) in [6.45, 7) is 3.48. The van der Waals surface area contributed by atoms with Crippen molar-refractivity contribution in [2.45, 2.75) is 57.7 Å². The number of aliphatic hydroxyl groups excluding tert-OH is 1. The zero-order chi connectivity index (χ0) is 21.8. The highest BCUT2D eigenvalue weighted by Gasteiger charge is 2.43. The molecule has 2 heterocycles. The lowest BCUT2D eigenvalue weighted by molar-refractivity contribution is -0.126. The Morgan fingerprint density at radius 2 is 2.14 bits per heavy atom. The number of ketones is 1. The van der Waals surface area contributed by atoms with Crippen LogP contribution in [0.15, 0.2) is 17.3 Å². The minimum Gasteiger partial charge on any atom is -0.390 e. The molecule has 4 atom stereocenters. The number of nitrogens with one attached hydrogen (secondary N) is 1. The molecule has 0 saturated carbocycles. The summed E-state index contributed by atoms with van der Waals surface area (Å²) in [5.74, 6) is -2.97. The molecular weight excluding hydrogens is 400 g/mol. The second-order valence-electron chi connectivity index (χ2n) is 7.35. The first-order valence-corrected chi connectivity index (χ1v) is 10.9. The lowest BCUT2D eigenvalue weighted by Crippen LogP contribution is -2.54. The maximum Gasteiger partial charge on any atom is 0.288 e. The average molecular weight is 428 g/mol. The predicted octanol–water partition coefficient (Wildman–Crippen LogP) is -0.753. The van der Waals surface area contributed by atoms with E-state index >= 15 is 0 Å². The highest BCUT2D eigenvalue weighted by Crippen LogP contribution is 2.24. The number of hydrogen-bond acceptors (Lipinski definition) is 8. The predicted molar refractivity (Wildman–Crippen MR) is 106 cm³/mol. The number of Topliss-reactive ketones (excluding diaryl/α,β-unsaturated/α-hetero) is 1. The van der Waals surface area contributed by atoms with Gasteiger partial charge in [-0.1, -0.05) is 13.0 Å². The number of allylic oxidation sites excluding steroid dienone is 1. The zero-order valence-electron chi connectivity index (χ0n) is 16.4. The van der Waals surface area contributed by atoms with E-state index < -0.39 is 50.7 Å². The van der Waals surface area contributed by atoms with Crippen molar-refractivity contribution < 1.29 is 27.9 Å². The number of β-amino-alcohol motifs (C(OH)–C–C–N with tert-alkyl or cyclic N) is 1. The van der Waals surface area contributed by atoms with Crippen LogP contribution in [-0.2, 0) is 24.4 Å². The number of nitrogens with two attached hydrogens (primary N) is 1. The molecule has 0 aromatic carbocycles. The number of carbonyl (C=O) groups is 3. The summed E-state index contributed by atoms with van der Waals surface area (Å²) in [7, 11) is -4.61. The minimum atomic E-state index is -4.61. The van der Waals surface area contributed by atoms with Gasteiger partial charge < -0.3 is 16.2 Å². The Balaban J connectivity index is 2.40. The Hall–Kier alpha value is -2.11. The zero-order valence-corrected chi connectivity index (χ0v) is 17.3. The standard InChI is InChI=1S/C18H27N4O6S/c1-11(17(19)26)5-8-16(25)22(13-7-6-12(2)21-10-15(13)24)29(27,28)18-14(23)4-3-9-20-18/h3,8-9,11-13,15,21,24H,4-7,10H2,1-2H3,(H2,19,26)/t11-,12+,13-,15-/m0/s1. The molecule has 0 spiro atoms. The summed E-state index contributed by atoms with van der Waals surface area (Å²) in [6.07, 6.45) is 2.99. The van der Waals surface area contributed by atoms with E-state index in [0.29, 0.717) is 10.7 Å². The van der Waals surface area contributed by atoms with Gasteiger partial charge in [-0.2, -0.15) is 8.42 Å². The Morgan fingerprint density at radius 1 is 1.45 bits per heavy atom. The molecular formula is C18H27N4O6S. The molecule has 0 aromatic heterocycles. The van der Waals surface area contributed by atoms with Crippen LogP contribution in [0, 0.1) is 12.3 Å². The van der Waals surface area contributed by atoms with Gasteiger partial charge in [0.1, 0.15) is 0 Å². The van der Waals surface area contributed by atoms with Crippen LogP contribution < -0.4 is 11.1 Å². The van der Waals surface area contributed by atoms with Crippen LogP contribution in [0.5, 0.6) is 0 Å². The molecule has 0 aliphatic carbocycles. The summed E-state index contributed by atoms with van der Waals surface area (Å²) in [5.41, 5.74) is 5.20. The van der Waals surface area contributed by atoms with Crippen molar-refractivity contribution in [3.8, 4) is 0 Å². The maximum absolute atomic E-state index is 13.2. The van der Waals surface area contributed by atoms with Crippen LogP contribution >= 0.6 is 0 Å². The van der Waals surface area contributed by atoms with Crippen LogP contribution in [0.25, 0.3) is 0 Å². The van der Waals surface area contributed by atoms with Gasteiger partial charge in [0.25, 0.3) is 10.0 Å². The summed E-state index contributed by atoms with van der Waals surface area (Å²) in [5, 5.41) is 12.9. The Kier molecular flexibility index (Phi) is 7.66. The van der Waals surface area contributed by atoms with Gasteiger partial charge >= 0.3 is 0 Å². The maximum atomic E-state index is 13.2. The largest absolute Gasteiger partial charge is 0.390 e. The molecule has 2 aliphatic rings. The van der Waals surface area contributed by atoms with Gasteiger partial charge in [-0.25, -0.2) is 9.30 Å². The molecule has 10 nitrogen and oxygen atoms in total. The highest BCUT2D eigenvalue weighted by molar-refractivity contribution is 8.06. The summed E-state index contributed by atoms with van der Waals surface area (Å²) >= 11 is 0. The average Bonchev–Trinajstić information content (AvgIpc) is 2.82. The normalized spacial score (nSPS) is 26.4. The summed E-state index contributed by atoms with van der Waals surface area (Å²) in [6, 6.07) is -1.06. The van der Waals surface area contributed by atoms with Crippen LogP contribution in [0.4, 0.5) is 0 Å². The Labute approximate surface area is 170 Å². The van der Waals surface area contributed by atoms with E-state index in [1.165, 1.54) is 19.2 Å². The van der Waals surface area contributed by atoms with Crippen molar-refractivity contribution in [3.05, 3.63) is 18.7 Å². The smallest absolute Gasteiger partial charge is 0.288 e. The van der Waals surface area contributed by atoms with Crippen molar-refractivity contribution in [2.24, 2.45) is 16.6 Å². The van der Waals surface area contributed by atoms with E-state index in [-0.39, 0.29) is 31.8 Å². The van der Waals surface area contributed by atoms with Crippen molar-refractivity contribution in [1.29, 1.82) is 0 Å². The highest BCUT2D eigenvalue weighted by atomic mass is 32.2. The molecule has 2 rings (SSSR count). The number of rotatable bonds is 5. The number of primary amides is 1. The van der Waals surface area contributed by atoms with E-state index in [1.54, 1.807) is 0 Å². The van der Waals surface area contributed by atoms with E-state index in [0.717, 1.165) is 6.42 Å². The molecule has 1 radical (unpaired) electrons. The fraction of sp³-hybridized carbons (Fsp3) is 0.611. The van der Waals surface area contributed by atoms with Gasteiger partial charge in [0.05, 0.1) is 18.6 Å². The molecule has 11 heteroatoms. The third-order valence-corrected chi connectivity index (χ3v) is 6.80. The lowest BCUT2D eigenvalue weighted by Gasteiger charge is -2.33. The van der Waals surface area contributed by atoms with Gasteiger partial charge in [0.2, 0.25) is 16.9 Å². The molecule has 2 amide bonds. The lowest BCUT2D eigenvalue weighted by atomic mass is 10.0. The van der Waals surface area contributed by atoms with Crippen LogP contribution in [0.1, 0.15) is 39.5 Å². The van der Waals surface area contributed by atoms with E-state index in [4.69, 9.17) is 5.73 Å². The van der Waals surface area contributed by atoms with Gasteiger partial charge in [0.15, 0.2) is 5.78 Å². The molecule has 0 bridgehead atoms.